The van der Waals surface area contributed by atoms with Gasteiger partial charge in [-0.25, -0.2) is 0 Å². The molecule has 0 N–H and O–H groups in total. The van der Waals surface area contributed by atoms with Crippen molar-refractivity contribution in [1.82, 2.24) is 0 Å². The van der Waals surface area contributed by atoms with E-state index in [-0.39, 0.29) is 10.8 Å². The summed E-state index contributed by atoms with van der Waals surface area (Å²) < 4.78 is 13.7. The molecule has 1 amide bonds. The van der Waals surface area contributed by atoms with Crippen molar-refractivity contribution in [2.75, 3.05) is 5.12 Å². The van der Waals surface area contributed by atoms with Gasteiger partial charge in [0.05, 0.1) is 5.69 Å². The van der Waals surface area contributed by atoms with Crippen molar-refractivity contribution < 1.29 is 14.1 Å². The zero-order valence-electron chi connectivity index (χ0n) is 8.32. The van der Waals surface area contributed by atoms with Crippen molar-refractivity contribution in [2.24, 2.45) is 5.41 Å². The third kappa shape index (κ3) is 1.69. The average molecular weight is 242 g/mol. The van der Waals surface area contributed by atoms with Crippen LogP contribution in [0.25, 0.3) is 0 Å². The molecule has 1 fully saturated rings. The number of hydrogen-bond donors (Lipinski definition) is 0. The highest BCUT2D eigenvalue weighted by Gasteiger charge is 2.58. The maximum atomic E-state index is 13.7. The largest absolute Gasteiger partial charge is 0.280 e. The molecule has 5 heteroatoms. The van der Waals surface area contributed by atoms with E-state index in [1.807, 2.05) is 0 Å². The lowest BCUT2D eigenvalue weighted by molar-refractivity contribution is -0.132. The summed E-state index contributed by atoms with van der Waals surface area (Å²) in [6.45, 7) is 0. The second kappa shape index (κ2) is 3.87. The summed E-state index contributed by atoms with van der Waals surface area (Å²) in [6, 6.07) is 7.83. The second-order valence-electron chi connectivity index (χ2n) is 3.78. The lowest BCUT2D eigenvalue weighted by atomic mass is 10.1. The lowest BCUT2D eigenvalue weighted by Crippen LogP contribution is -2.34. The number of anilines is 1. The molecule has 0 unspecified atom stereocenters. The summed E-state index contributed by atoms with van der Waals surface area (Å²) in [5, 5.41) is -0.788. The molecule has 84 valence electrons. The maximum absolute atomic E-state index is 13.7. The topological polar surface area (TPSA) is 37.4 Å². The molecule has 0 aromatic heterocycles. The first-order chi connectivity index (χ1) is 7.58. The van der Waals surface area contributed by atoms with Crippen LogP contribution in [0.3, 0.4) is 0 Å². The van der Waals surface area contributed by atoms with Gasteiger partial charge in [0.2, 0.25) is 5.24 Å². The third-order valence-corrected chi connectivity index (χ3v) is 3.06. The molecular formula is C11H9ClFNO2. The summed E-state index contributed by atoms with van der Waals surface area (Å²) in [6.07, 6.45) is 0.642. The number of carbonyl (C=O) groups is 2. The fourth-order valence-electron chi connectivity index (χ4n) is 1.48. The Morgan fingerprint density at radius 3 is 2.25 bits per heavy atom. The van der Waals surface area contributed by atoms with E-state index in [1.54, 1.807) is 18.2 Å². The first-order valence-electron chi connectivity index (χ1n) is 4.83. The van der Waals surface area contributed by atoms with Gasteiger partial charge in [0.15, 0.2) is 0 Å². The Morgan fingerprint density at radius 2 is 1.81 bits per heavy atom. The van der Waals surface area contributed by atoms with Crippen LogP contribution in [-0.2, 0) is 9.59 Å². The molecule has 0 saturated heterocycles. The zero-order chi connectivity index (χ0) is 11.8. The van der Waals surface area contributed by atoms with Crippen molar-refractivity contribution in [1.29, 1.82) is 0 Å². The van der Waals surface area contributed by atoms with Gasteiger partial charge in [0, 0.05) is 0 Å². The van der Waals surface area contributed by atoms with Crippen molar-refractivity contribution in [3.63, 3.8) is 0 Å². The predicted octanol–water partition coefficient (Wildman–Crippen LogP) is 2.45. The van der Waals surface area contributed by atoms with Gasteiger partial charge in [-0.05, 0) is 36.6 Å². The summed E-state index contributed by atoms with van der Waals surface area (Å²) in [4.78, 5) is 22.8. The van der Waals surface area contributed by atoms with E-state index in [4.69, 9.17) is 11.6 Å². The highest BCUT2D eigenvalue weighted by Crippen LogP contribution is 2.49. The van der Waals surface area contributed by atoms with Crippen LogP contribution < -0.4 is 5.12 Å². The first-order valence-corrected chi connectivity index (χ1v) is 5.21. The number of hydrogen-bond acceptors (Lipinski definition) is 2. The molecule has 0 spiro atoms. The van der Waals surface area contributed by atoms with E-state index in [0.717, 1.165) is 0 Å². The van der Waals surface area contributed by atoms with Crippen LogP contribution in [0.5, 0.6) is 0 Å². The van der Waals surface area contributed by atoms with Crippen molar-refractivity contribution in [2.45, 2.75) is 12.8 Å². The Kier molecular flexibility index (Phi) is 2.68. The van der Waals surface area contributed by atoms with Crippen LogP contribution in [0, 0.1) is 5.41 Å². The van der Waals surface area contributed by atoms with E-state index in [9.17, 15) is 14.1 Å². The monoisotopic (exact) mass is 241 g/mol. The number of rotatable bonds is 3. The van der Waals surface area contributed by atoms with Crippen molar-refractivity contribution in [3.05, 3.63) is 30.3 Å². The van der Waals surface area contributed by atoms with Gasteiger partial charge in [-0.15, -0.1) is 5.12 Å². The third-order valence-electron chi connectivity index (χ3n) is 2.70. The van der Waals surface area contributed by atoms with Gasteiger partial charge in [0.25, 0.3) is 5.91 Å². The molecule has 1 aliphatic rings. The first kappa shape index (κ1) is 11.1. The van der Waals surface area contributed by atoms with Gasteiger partial charge in [-0.2, -0.15) is 0 Å². The minimum absolute atomic E-state index is 0.00667. The lowest BCUT2D eigenvalue weighted by Gasteiger charge is -2.16. The Morgan fingerprint density at radius 1 is 1.25 bits per heavy atom. The number of benzene rings is 1. The fourth-order valence-corrected chi connectivity index (χ4v) is 1.75. The minimum atomic E-state index is -1.33. The van der Waals surface area contributed by atoms with E-state index in [2.05, 4.69) is 0 Å². The van der Waals surface area contributed by atoms with Crippen LogP contribution in [0.4, 0.5) is 10.2 Å². The molecule has 1 saturated carbocycles. The van der Waals surface area contributed by atoms with E-state index in [1.165, 1.54) is 12.1 Å². The second-order valence-corrected chi connectivity index (χ2v) is 4.12. The smallest absolute Gasteiger partial charge is 0.270 e. The van der Waals surface area contributed by atoms with Gasteiger partial charge in [0.1, 0.15) is 5.41 Å². The molecule has 2 rings (SSSR count). The van der Waals surface area contributed by atoms with Gasteiger partial charge >= 0.3 is 0 Å². The summed E-state index contributed by atoms with van der Waals surface area (Å²) in [5.41, 5.74) is -1.22. The number of carbonyl (C=O) groups excluding carboxylic acids is 2. The van der Waals surface area contributed by atoms with Crippen LogP contribution in [-0.4, -0.2) is 11.1 Å². The standard InChI is InChI=1S/C11H9ClFNO2/c12-9(15)11(6-7-11)10(16)14(13)8-4-2-1-3-5-8/h1-5H,6-7H2. The molecule has 0 bridgehead atoms. The molecule has 0 aliphatic heterocycles. The van der Waals surface area contributed by atoms with Gasteiger partial charge in [-0.1, -0.05) is 22.7 Å². The van der Waals surface area contributed by atoms with Crippen molar-refractivity contribution >= 4 is 28.4 Å². The quantitative estimate of drug-likeness (QED) is 0.463. The molecule has 1 aliphatic carbocycles. The normalized spacial score (nSPS) is 16.6. The fraction of sp³-hybridized carbons (Fsp3) is 0.273. The number of halogens is 2. The van der Waals surface area contributed by atoms with Gasteiger partial charge in [-0.3, -0.25) is 9.59 Å². The number of amides is 1. The Hall–Kier alpha value is -1.42. The Labute approximate surface area is 96.7 Å². The molecule has 0 heterocycles. The molecule has 1 aromatic carbocycles. The van der Waals surface area contributed by atoms with Crippen LogP contribution in [0.2, 0.25) is 0 Å². The highest BCUT2D eigenvalue weighted by molar-refractivity contribution is 6.67. The molecule has 0 atom stereocenters. The van der Waals surface area contributed by atoms with Crippen LogP contribution >= 0.6 is 11.6 Å². The van der Waals surface area contributed by atoms with Gasteiger partial charge < -0.3 is 0 Å². The van der Waals surface area contributed by atoms with E-state index < -0.39 is 16.6 Å². The zero-order valence-corrected chi connectivity index (χ0v) is 9.08. The maximum Gasteiger partial charge on any atom is 0.270 e. The van der Waals surface area contributed by atoms with Crippen molar-refractivity contribution in [3.8, 4) is 0 Å². The number of para-hydroxylation sites is 1. The highest BCUT2D eigenvalue weighted by atomic mass is 35.5. The molecule has 0 radical (unpaired) electrons. The van der Waals surface area contributed by atoms with E-state index in [0.29, 0.717) is 12.8 Å². The summed E-state index contributed by atoms with van der Waals surface area (Å²) >= 11 is 5.31. The van der Waals surface area contributed by atoms with Crippen LogP contribution in [0.15, 0.2) is 30.3 Å². The molecular weight excluding hydrogens is 233 g/mol. The molecule has 16 heavy (non-hydrogen) atoms. The molecule has 1 aromatic rings. The SMILES string of the molecule is O=C(Cl)C1(C(=O)N(F)c2ccccc2)CC1. The van der Waals surface area contributed by atoms with E-state index >= 15 is 0 Å². The average Bonchev–Trinajstić information content (AvgIpc) is 3.09. The number of nitrogens with zero attached hydrogens (tertiary/aromatic N) is 1. The minimum Gasteiger partial charge on any atom is -0.280 e. The Bertz CT molecular complexity index is 431. The van der Waals surface area contributed by atoms with Crippen LogP contribution in [0.1, 0.15) is 12.8 Å². The Balaban J connectivity index is 2.21. The predicted molar refractivity (Wildman–Crippen MR) is 57.6 cm³/mol. The summed E-state index contributed by atoms with van der Waals surface area (Å²) in [5.74, 6) is -0.876. The molecule has 3 nitrogen and oxygen atoms in total. The summed E-state index contributed by atoms with van der Waals surface area (Å²) in [7, 11) is 0.